The maximum absolute atomic E-state index is 12.7. The van der Waals surface area contributed by atoms with Crippen LogP contribution in [0.5, 0.6) is 0 Å². The second-order valence-corrected chi connectivity index (χ2v) is 21.0. The van der Waals surface area contributed by atoms with Crippen LogP contribution < -0.4 is 4.89 Å². The van der Waals surface area contributed by atoms with E-state index in [2.05, 4.69) is 148 Å². The number of carbonyl (C=O) groups is 2. The molecule has 0 aromatic carbocycles. The Morgan fingerprint density at radius 2 is 0.781 bits per heavy atom. The lowest BCUT2D eigenvalue weighted by Crippen LogP contribution is -2.37. The number of esters is 2. The summed E-state index contributed by atoms with van der Waals surface area (Å²) in [4.78, 5) is 37.6. The number of phosphoric ester groups is 1. The molecule has 0 amide bonds. The summed E-state index contributed by atoms with van der Waals surface area (Å²) in [5.74, 6) is -0.867. The van der Waals surface area contributed by atoms with E-state index in [1.807, 2.05) is 21.1 Å². The second-order valence-electron chi connectivity index (χ2n) is 19.6. The van der Waals surface area contributed by atoms with Gasteiger partial charge >= 0.3 is 11.9 Å². The van der Waals surface area contributed by atoms with Crippen molar-refractivity contribution in [1.82, 2.24) is 0 Å². The summed E-state index contributed by atoms with van der Waals surface area (Å²) in [6.07, 6.45) is 76.6. The van der Waals surface area contributed by atoms with Crippen LogP contribution in [0.4, 0.5) is 0 Å². The molecule has 0 fully saturated rings. The van der Waals surface area contributed by atoms with E-state index in [0.717, 1.165) is 128 Å². The number of phosphoric acid groups is 1. The van der Waals surface area contributed by atoms with Crippen LogP contribution in [-0.4, -0.2) is 70.0 Å². The van der Waals surface area contributed by atoms with Gasteiger partial charge < -0.3 is 27.9 Å². The van der Waals surface area contributed by atoms with Gasteiger partial charge in [0.05, 0.1) is 27.7 Å². The fourth-order valence-corrected chi connectivity index (χ4v) is 7.77. The molecule has 9 nitrogen and oxygen atoms in total. The smallest absolute Gasteiger partial charge is 0.306 e. The minimum Gasteiger partial charge on any atom is -0.756 e. The van der Waals surface area contributed by atoms with Gasteiger partial charge in [-0.25, -0.2) is 0 Å². The van der Waals surface area contributed by atoms with Gasteiger partial charge in [0, 0.05) is 12.8 Å². The van der Waals surface area contributed by atoms with Gasteiger partial charge in [0.2, 0.25) is 0 Å². The van der Waals surface area contributed by atoms with E-state index < -0.39 is 32.5 Å². The van der Waals surface area contributed by atoms with Crippen molar-refractivity contribution in [3.63, 3.8) is 0 Å². The van der Waals surface area contributed by atoms with Gasteiger partial charge in [0.25, 0.3) is 7.82 Å². The zero-order valence-electron chi connectivity index (χ0n) is 46.8. The van der Waals surface area contributed by atoms with Crippen molar-refractivity contribution in [2.75, 3.05) is 47.5 Å². The van der Waals surface area contributed by atoms with Crippen LogP contribution in [0, 0.1) is 0 Å². The normalized spacial score (nSPS) is 14.3. The monoisotopic (exact) mass is 1030 g/mol. The summed E-state index contributed by atoms with van der Waals surface area (Å²) in [5, 5.41) is 0. The quantitative estimate of drug-likeness (QED) is 0.0195. The first-order valence-electron chi connectivity index (χ1n) is 28.4. The first kappa shape index (κ1) is 69.2. The largest absolute Gasteiger partial charge is 0.756 e. The van der Waals surface area contributed by atoms with Crippen molar-refractivity contribution in [1.29, 1.82) is 0 Å². The Balaban J connectivity index is 4.09. The third-order valence-corrected chi connectivity index (χ3v) is 12.3. The number of ether oxygens (including phenoxy) is 2. The van der Waals surface area contributed by atoms with Crippen molar-refractivity contribution in [2.45, 2.75) is 206 Å². The second kappa shape index (κ2) is 53.0. The molecule has 0 aromatic heterocycles. The van der Waals surface area contributed by atoms with Crippen LogP contribution in [0.1, 0.15) is 200 Å². The highest BCUT2D eigenvalue weighted by atomic mass is 31.2. The number of allylic oxidation sites excluding steroid dienone is 22. The van der Waals surface area contributed by atoms with Gasteiger partial charge in [0.15, 0.2) is 6.10 Å². The molecule has 0 radical (unpaired) electrons. The van der Waals surface area contributed by atoms with E-state index in [9.17, 15) is 19.0 Å². The Kier molecular flexibility index (Phi) is 50.2. The molecule has 0 spiro atoms. The zero-order valence-corrected chi connectivity index (χ0v) is 47.7. The molecule has 2 unspecified atom stereocenters. The first-order chi connectivity index (χ1) is 35.5. The van der Waals surface area contributed by atoms with Gasteiger partial charge in [-0.1, -0.05) is 212 Å². The predicted octanol–water partition coefficient (Wildman–Crippen LogP) is 17.1. The van der Waals surface area contributed by atoms with Gasteiger partial charge in [0.1, 0.15) is 19.8 Å². The molecular weight excluding hydrogens is 930 g/mol. The molecular formula is C63H104NO8P. The number of rotatable bonds is 50. The average molecular weight is 1030 g/mol. The van der Waals surface area contributed by atoms with E-state index in [-0.39, 0.29) is 26.1 Å². The van der Waals surface area contributed by atoms with E-state index in [1.165, 1.54) is 32.1 Å². The Bertz CT molecular complexity index is 1690. The fraction of sp³-hybridized carbons (Fsp3) is 0.619. The van der Waals surface area contributed by atoms with Gasteiger partial charge in [-0.3, -0.25) is 14.2 Å². The minimum atomic E-state index is -4.64. The highest BCUT2D eigenvalue weighted by Gasteiger charge is 2.21. The molecule has 0 rings (SSSR count). The van der Waals surface area contributed by atoms with Gasteiger partial charge in [-0.05, 0) is 109 Å². The average Bonchev–Trinajstić information content (AvgIpc) is 3.35. The molecule has 0 aliphatic rings. The standard InChI is InChI=1S/C63H104NO8P/c1-6-8-10-12-14-16-18-19-20-21-22-23-24-25-26-27-28-29-30-31-32-33-34-35-36-37-38-39-40-41-42-43-44-45-46-48-50-52-54-56-63(66)72-61(60-71-73(67,68)70-58-57-64(3,4)5)59-69-62(65)55-53-51-49-47-17-15-13-11-9-7-2/h8,10-11,13-14,16,19-20,22-23,25-26,28-29,31-32,34-35,37-38,40-41,61H,6-7,9,12,15,17-18,21,24,27,30,33,36,39,42-60H2,1-5H3/b10-8-,13-11-,16-14-,20-19-,23-22-,26-25-,29-28-,32-31-,35-34-,38-37-,41-40-. The zero-order chi connectivity index (χ0) is 53.5. The van der Waals surface area contributed by atoms with Crippen molar-refractivity contribution in [2.24, 2.45) is 0 Å². The van der Waals surface area contributed by atoms with Crippen molar-refractivity contribution < 1.29 is 42.1 Å². The van der Waals surface area contributed by atoms with Crippen LogP contribution in [-0.2, 0) is 32.7 Å². The maximum atomic E-state index is 12.7. The summed E-state index contributed by atoms with van der Waals surface area (Å²) in [6, 6.07) is 0. The number of hydrogen-bond donors (Lipinski definition) is 0. The summed E-state index contributed by atoms with van der Waals surface area (Å²) < 4.78 is 34.0. The number of likely N-dealkylation sites (N-methyl/N-ethyl adjacent to an activating group) is 1. The Morgan fingerprint density at radius 3 is 1.18 bits per heavy atom. The van der Waals surface area contributed by atoms with E-state index >= 15 is 0 Å². The molecule has 0 aliphatic carbocycles. The number of hydrogen-bond acceptors (Lipinski definition) is 8. The molecule has 0 saturated heterocycles. The maximum Gasteiger partial charge on any atom is 0.306 e. The summed E-state index contributed by atoms with van der Waals surface area (Å²) in [5.41, 5.74) is 0. The molecule has 0 aliphatic heterocycles. The number of carbonyl (C=O) groups excluding carboxylic acids is 2. The highest BCUT2D eigenvalue weighted by Crippen LogP contribution is 2.38. The highest BCUT2D eigenvalue weighted by molar-refractivity contribution is 7.45. The number of nitrogens with zero attached hydrogens (tertiary/aromatic N) is 1. The van der Waals surface area contributed by atoms with Crippen molar-refractivity contribution in [3.8, 4) is 0 Å². The van der Waals surface area contributed by atoms with Crippen molar-refractivity contribution in [3.05, 3.63) is 134 Å². The molecule has 2 atom stereocenters. The predicted molar refractivity (Wildman–Crippen MR) is 309 cm³/mol. The lowest BCUT2D eigenvalue weighted by Gasteiger charge is -2.28. The van der Waals surface area contributed by atoms with E-state index in [1.54, 1.807) is 0 Å². The van der Waals surface area contributed by atoms with Crippen LogP contribution in [0.2, 0.25) is 0 Å². The lowest BCUT2D eigenvalue weighted by molar-refractivity contribution is -0.870. The molecule has 0 bridgehead atoms. The van der Waals surface area contributed by atoms with Crippen LogP contribution in [0.15, 0.2) is 134 Å². The van der Waals surface area contributed by atoms with Gasteiger partial charge in [-0.2, -0.15) is 0 Å². The molecule has 0 saturated carbocycles. The molecule has 0 N–H and O–H groups in total. The topological polar surface area (TPSA) is 111 Å². The van der Waals surface area contributed by atoms with Crippen molar-refractivity contribution >= 4 is 19.8 Å². The SMILES string of the molecule is CC/C=C\C/C=C\C/C=C\C/C=C\C/C=C\C/C=C\C/C=C\C/C=C\C/C=C\C/C=C\CCCCCCCCCCC(=O)OC(COC(=O)CCCCCCC/C=C\CCC)COP(=O)([O-])OCC[N+](C)(C)C. The molecule has 73 heavy (non-hydrogen) atoms. The Morgan fingerprint density at radius 1 is 0.438 bits per heavy atom. The Labute approximate surface area is 447 Å². The molecule has 0 aromatic rings. The van der Waals surface area contributed by atoms with E-state index in [4.69, 9.17) is 18.5 Å². The first-order valence-corrected chi connectivity index (χ1v) is 29.9. The van der Waals surface area contributed by atoms with E-state index in [0.29, 0.717) is 23.9 Å². The molecule has 0 heterocycles. The van der Waals surface area contributed by atoms with Crippen LogP contribution in [0.3, 0.4) is 0 Å². The number of unbranched alkanes of at least 4 members (excludes halogenated alkanes) is 14. The van der Waals surface area contributed by atoms with Crippen LogP contribution >= 0.6 is 7.82 Å². The molecule has 414 valence electrons. The lowest BCUT2D eigenvalue weighted by atomic mass is 10.1. The fourth-order valence-electron chi connectivity index (χ4n) is 7.04. The van der Waals surface area contributed by atoms with Crippen LogP contribution in [0.25, 0.3) is 0 Å². The Hall–Kier alpha value is -3.85. The van der Waals surface area contributed by atoms with Gasteiger partial charge in [-0.15, -0.1) is 0 Å². The third-order valence-electron chi connectivity index (χ3n) is 11.4. The summed E-state index contributed by atoms with van der Waals surface area (Å²) >= 11 is 0. The number of quaternary nitrogens is 1. The minimum absolute atomic E-state index is 0.0403. The summed E-state index contributed by atoms with van der Waals surface area (Å²) in [6.45, 7) is 4.01. The summed E-state index contributed by atoms with van der Waals surface area (Å²) in [7, 11) is 1.14. The third kappa shape index (κ3) is 57.3. The molecule has 10 heteroatoms.